The van der Waals surface area contributed by atoms with Crippen LogP contribution < -0.4 is 5.32 Å². The lowest BCUT2D eigenvalue weighted by Crippen LogP contribution is -2.11. The van der Waals surface area contributed by atoms with Crippen molar-refractivity contribution in [2.45, 2.75) is 38.0 Å². The van der Waals surface area contributed by atoms with Crippen LogP contribution in [0.3, 0.4) is 0 Å². The summed E-state index contributed by atoms with van der Waals surface area (Å²) < 4.78 is 5.88. The van der Waals surface area contributed by atoms with Crippen LogP contribution in [-0.2, 0) is 12.8 Å². The van der Waals surface area contributed by atoms with Crippen LogP contribution in [0, 0.1) is 0 Å². The highest BCUT2D eigenvalue weighted by Crippen LogP contribution is 2.35. The molecule has 0 amide bonds. The fourth-order valence-electron chi connectivity index (χ4n) is 2.94. The van der Waals surface area contributed by atoms with E-state index in [1.54, 1.807) is 0 Å². The molecule has 3 rings (SSSR count). The maximum atomic E-state index is 5.88. The van der Waals surface area contributed by atoms with Gasteiger partial charge in [-0.2, -0.15) is 0 Å². The summed E-state index contributed by atoms with van der Waals surface area (Å²) in [5, 5.41) is 11.6. The van der Waals surface area contributed by atoms with Gasteiger partial charge in [0, 0.05) is 6.42 Å². The molecule has 4 nitrogen and oxygen atoms in total. The Hall–Kier alpha value is -1.68. The highest BCUT2D eigenvalue weighted by atomic mass is 16.4. The molecular formula is C16H21N3O. The van der Waals surface area contributed by atoms with Gasteiger partial charge in [0.1, 0.15) is 0 Å². The molecule has 0 aliphatic heterocycles. The Labute approximate surface area is 119 Å². The highest BCUT2D eigenvalue weighted by molar-refractivity contribution is 5.35. The Bertz CT molecular complexity index is 564. The van der Waals surface area contributed by atoms with Gasteiger partial charge in [-0.25, -0.2) is 0 Å². The summed E-state index contributed by atoms with van der Waals surface area (Å²) in [6, 6.07) is 8.62. The molecule has 4 heteroatoms. The number of hydrogen-bond acceptors (Lipinski definition) is 4. The van der Waals surface area contributed by atoms with Crippen molar-refractivity contribution in [2.75, 3.05) is 13.6 Å². The largest absolute Gasteiger partial charge is 0.425 e. The predicted molar refractivity (Wildman–Crippen MR) is 77.8 cm³/mol. The van der Waals surface area contributed by atoms with Crippen molar-refractivity contribution in [3.05, 3.63) is 47.2 Å². The van der Waals surface area contributed by atoms with Gasteiger partial charge >= 0.3 is 0 Å². The van der Waals surface area contributed by atoms with Crippen LogP contribution in [0.5, 0.6) is 0 Å². The number of nitrogens with one attached hydrogen (secondary N) is 1. The van der Waals surface area contributed by atoms with Gasteiger partial charge in [-0.15, -0.1) is 10.2 Å². The molecule has 0 spiro atoms. The van der Waals surface area contributed by atoms with E-state index in [4.69, 9.17) is 4.42 Å². The number of rotatable bonds is 5. The maximum Gasteiger partial charge on any atom is 0.224 e. The molecule has 0 saturated heterocycles. The number of aromatic nitrogens is 2. The van der Waals surface area contributed by atoms with Crippen LogP contribution in [0.1, 0.15) is 48.1 Å². The van der Waals surface area contributed by atoms with Crippen molar-refractivity contribution in [2.24, 2.45) is 0 Å². The first kappa shape index (κ1) is 13.3. The summed E-state index contributed by atoms with van der Waals surface area (Å²) in [6.45, 7) is 0.976. The Morgan fingerprint density at radius 2 is 2.20 bits per heavy atom. The minimum absolute atomic E-state index is 0.283. The average Bonchev–Trinajstić information content (AvgIpc) is 2.96. The molecule has 106 valence electrons. The predicted octanol–water partition coefficient (Wildman–Crippen LogP) is 2.69. The van der Waals surface area contributed by atoms with Crippen LogP contribution in [0.4, 0.5) is 0 Å². The van der Waals surface area contributed by atoms with E-state index in [0.29, 0.717) is 0 Å². The summed E-state index contributed by atoms with van der Waals surface area (Å²) >= 11 is 0. The highest BCUT2D eigenvalue weighted by Gasteiger charge is 2.25. The van der Waals surface area contributed by atoms with Crippen molar-refractivity contribution in [1.29, 1.82) is 0 Å². The molecule has 1 atom stereocenters. The Balaban J connectivity index is 1.77. The van der Waals surface area contributed by atoms with E-state index in [-0.39, 0.29) is 5.92 Å². The normalized spacial score (nSPS) is 17.9. The zero-order valence-corrected chi connectivity index (χ0v) is 11.9. The Morgan fingerprint density at radius 3 is 3.10 bits per heavy atom. The maximum absolute atomic E-state index is 5.88. The van der Waals surface area contributed by atoms with Gasteiger partial charge in [0.05, 0.1) is 5.92 Å². The lowest BCUT2D eigenvalue weighted by molar-refractivity contribution is 0.410. The van der Waals surface area contributed by atoms with Gasteiger partial charge in [-0.3, -0.25) is 0 Å². The van der Waals surface area contributed by atoms with Gasteiger partial charge in [0.15, 0.2) is 0 Å². The number of aryl methyl sites for hydroxylation is 2. The molecular weight excluding hydrogens is 250 g/mol. The molecule has 1 aliphatic rings. The quantitative estimate of drug-likeness (QED) is 0.849. The lowest BCUT2D eigenvalue weighted by atomic mass is 9.83. The van der Waals surface area contributed by atoms with E-state index in [2.05, 4.69) is 39.8 Å². The van der Waals surface area contributed by atoms with Gasteiger partial charge < -0.3 is 9.73 Å². The molecule has 1 N–H and O–H groups in total. The fourth-order valence-corrected chi connectivity index (χ4v) is 2.94. The number of benzene rings is 1. The van der Waals surface area contributed by atoms with E-state index >= 15 is 0 Å². The molecule has 2 aromatic rings. The van der Waals surface area contributed by atoms with Crippen molar-refractivity contribution in [1.82, 2.24) is 15.5 Å². The van der Waals surface area contributed by atoms with Gasteiger partial charge in [0.2, 0.25) is 11.8 Å². The van der Waals surface area contributed by atoms with E-state index in [1.807, 2.05) is 7.05 Å². The molecule has 0 radical (unpaired) electrons. The van der Waals surface area contributed by atoms with Gasteiger partial charge in [-0.05, 0) is 50.4 Å². The van der Waals surface area contributed by atoms with Crippen LogP contribution in [0.15, 0.2) is 28.7 Å². The first-order valence-corrected chi connectivity index (χ1v) is 7.43. The monoisotopic (exact) mass is 271 g/mol. The van der Waals surface area contributed by atoms with Crippen molar-refractivity contribution >= 4 is 0 Å². The second kappa shape index (κ2) is 6.18. The molecule has 0 fully saturated rings. The van der Waals surface area contributed by atoms with Crippen molar-refractivity contribution in [3.63, 3.8) is 0 Å². The number of fused-ring (bicyclic) bond motifs is 1. The summed E-state index contributed by atoms with van der Waals surface area (Å²) in [6.07, 6.45) is 5.34. The second-order valence-electron chi connectivity index (χ2n) is 5.38. The zero-order chi connectivity index (χ0) is 13.8. The SMILES string of the molecule is CNCCCc1nnc(C2CCCc3ccccc32)o1. The molecule has 0 bridgehead atoms. The van der Waals surface area contributed by atoms with Crippen LogP contribution >= 0.6 is 0 Å². The van der Waals surface area contributed by atoms with E-state index in [9.17, 15) is 0 Å². The summed E-state index contributed by atoms with van der Waals surface area (Å²) in [5.41, 5.74) is 2.79. The molecule has 1 aliphatic carbocycles. The standard InChI is InChI=1S/C16H21N3O/c1-17-11-5-10-15-18-19-16(20-15)14-9-4-7-12-6-2-3-8-13(12)14/h2-3,6,8,14,17H,4-5,7,9-11H2,1H3. The summed E-state index contributed by atoms with van der Waals surface area (Å²) in [5.74, 6) is 1.83. The lowest BCUT2D eigenvalue weighted by Gasteiger charge is -2.22. The Morgan fingerprint density at radius 1 is 1.30 bits per heavy atom. The Kier molecular flexibility index (Phi) is 4.11. The molecule has 20 heavy (non-hydrogen) atoms. The van der Waals surface area contributed by atoms with E-state index in [0.717, 1.165) is 44.0 Å². The van der Waals surface area contributed by atoms with Crippen LogP contribution in [0.2, 0.25) is 0 Å². The number of hydrogen-bond donors (Lipinski definition) is 1. The average molecular weight is 271 g/mol. The van der Waals surface area contributed by atoms with Crippen molar-refractivity contribution in [3.8, 4) is 0 Å². The molecule has 1 heterocycles. The third kappa shape index (κ3) is 2.75. The molecule has 0 saturated carbocycles. The van der Waals surface area contributed by atoms with Crippen LogP contribution in [0.25, 0.3) is 0 Å². The van der Waals surface area contributed by atoms with E-state index < -0.39 is 0 Å². The first-order chi connectivity index (χ1) is 9.88. The summed E-state index contributed by atoms with van der Waals surface area (Å²) in [4.78, 5) is 0. The zero-order valence-electron chi connectivity index (χ0n) is 11.9. The molecule has 1 unspecified atom stereocenters. The van der Waals surface area contributed by atoms with Gasteiger partial charge in [-0.1, -0.05) is 24.3 Å². The molecule has 1 aromatic carbocycles. The fraction of sp³-hybridized carbons (Fsp3) is 0.500. The van der Waals surface area contributed by atoms with Crippen LogP contribution in [-0.4, -0.2) is 23.8 Å². The second-order valence-corrected chi connectivity index (χ2v) is 5.38. The third-order valence-electron chi connectivity index (χ3n) is 3.97. The smallest absolute Gasteiger partial charge is 0.224 e. The van der Waals surface area contributed by atoms with Crippen molar-refractivity contribution < 1.29 is 4.42 Å². The number of nitrogens with zero attached hydrogens (tertiary/aromatic N) is 2. The molecule has 1 aromatic heterocycles. The topological polar surface area (TPSA) is 51.0 Å². The minimum Gasteiger partial charge on any atom is -0.425 e. The summed E-state index contributed by atoms with van der Waals surface area (Å²) in [7, 11) is 1.96. The van der Waals surface area contributed by atoms with E-state index in [1.165, 1.54) is 17.5 Å². The first-order valence-electron chi connectivity index (χ1n) is 7.43. The minimum atomic E-state index is 0.283. The third-order valence-corrected chi connectivity index (χ3v) is 3.97. The van der Waals surface area contributed by atoms with Gasteiger partial charge in [0.25, 0.3) is 0 Å².